The van der Waals surface area contributed by atoms with Gasteiger partial charge in [-0.3, -0.25) is 0 Å². The van der Waals surface area contributed by atoms with Crippen LogP contribution in [0.1, 0.15) is 31.4 Å². The molecule has 0 saturated heterocycles. The molecule has 0 amide bonds. The Morgan fingerprint density at radius 1 is 1.33 bits per heavy atom. The van der Waals surface area contributed by atoms with E-state index in [1.54, 1.807) is 0 Å². The summed E-state index contributed by atoms with van der Waals surface area (Å²) in [5, 5.41) is 1.25. The van der Waals surface area contributed by atoms with Gasteiger partial charge in [-0.05, 0) is 29.5 Å². The van der Waals surface area contributed by atoms with Crippen molar-refractivity contribution in [3.05, 3.63) is 36.0 Å². The quantitative estimate of drug-likeness (QED) is 0.825. The summed E-state index contributed by atoms with van der Waals surface area (Å²) in [4.78, 5) is 3.20. The standard InChI is InChI=1S/C12H16N2.ClH/c1-2-3-11(13)10-5-4-9-6-7-14-12(9)8-10;/h4-8,11,14H,2-3,13H2,1H3;1H/t11-;/m1./s1. The summed E-state index contributed by atoms with van der Waals surface area (Å²) in [5.41, 5.74) is 8.45. The average Bonchev–Trinajstić information content (AvgIpc) is 2.64. The van der Waals surface area contributed by atoms with Gasteiger partial charge in [0.2, 0.25) is 0 Å². The largest absolute Gasteiger partial charge is 0.361 e. The Labute approximate surface area is 96.3 Å². The molecule has 1 heterocycles. The second kappa shape index (κ2) is 5.19. The summed E-state index contributed by atoms with van der Waals surface area (Å²) in [6.07, 6.45) is 4.13. The van der Waals surface area contributed by atoms with E-state index in [1.807, 2.05) is 6.20 Å². The molecule has 0 bridgehead atoms. The smallest absolute Gasteiger partial charge is 0.0457 e. The highest BCUT2D eigenvalue weighted by molar-refractivity contribution is 5.85. The number of rotatable bonds is 3. The molecule has 0 unspecified atom stereocenters. The van der Waals surface area contributed by atoms with Gasteiger partial charge in [-0.1, -0.05) is 25.5 Å². The normalized spacial score (nSPS) is 12.4. The Morgan fingerprint density at radius 3 is 2.87 bits per heavy atom. The molecule has 2 aromatic rings. The third-order valence-electron chi connectivity index (χ3n) is 2.61. The highest BCUT2D eigenvalue weighted by atomic mass is 35.5. The van der Waals surface area contributed by atoms with E-state index < -0.39 is 0 Å². The number of nitrogens with one attached hydrogen (secondary N) is 1. The van der Waals surface area contributed by atoms with E-state index in [0.717, 1.165) is 12.8 Å². The molecule has 3 heteroatoms. The number of halogens is 1. The zero-order valence-corrected chi connectivity index (χ0v) is 9.68. The van der Waals surface area contributed by atoms with Gasteiger partial charge in [0.1, 0.15) is 0 Å². The molecule has 0 aliphatic rings. The van der Waals surface area contributed by atoms with Crippen LogP contribution in [0.4, 0.5) is 0 Å². The summed E-state index contributed by atoms with van der Waals surface area (Å²) in [6.45, 7) is 2.16. The Hall–Kier alpha value is -0.990. The van der Waals surface area contributed by atoms with Gasteiger partial charge in [0.25, 0.3) is 0 Å². The van der Waals surface area contributed by atoms with Crippen molar-refractivity contribution >= 4 is 23.3 Å². The summed E-state index contributed by atoms with van der Waals surface area (Å²) in [6, 6.07) is 8.64. The molecule has 0 saturated carbocycles. The van der Waals surface area contributed by atoms with Gasteiger partial charge in [0.15, 0.2) is 0 Å². The summed E-state index contributed by atoms with van der Waals surface area (Å²) < 4.78 is 0. The highest BCUT2D eigenvalue weighted by Crippen LogP contribution is 2.20. The number of aromatic amines is 1. The van der Waals surface area contributed by atoms with Crippen molar-refractivity contribution in [3.63, 3.8) is 0 Å². The molecule has 1 aromatic carbocycles. The SMILES string of the molecule is CCC[C@@H](N)c1ccc2cc[nH]c2c1.Cl. The number of aromatic nitrogens is 1. The fraction of sp³-hybridized carbons (Fsp3) is 0.333. The van der Waals surface area contributed by atoms with Crippen molar-refractivity contribution in [3.8, 4) is 0 Å². The Morgan fingerprint density at radius 2 is 2.13 bits per heavy atom. The van der Waals surface area contributed by atoms with Crippen LogP contribution in [-0.2, 0) is 0 Å². The van der Waals surface area contributed by atoms with Crippen molar-refractivity contribution in [2.24, 2.45) is 5.73 Å². The van der Waals surface area contributed by atoms with Crippen molar-refractivity contribution in [2.75, 3.05) is 0 Å². The van der Waals surface area contributed by atoms with Crippen LogP contribution in [0.2, 0.25) is 0 Å². The first-order valence-electron chi connectivity index (χ1n) is 5.14. The minimum atomic E-state index is 0. The minimum Gasteiger partial charge on any atom is -0.361 e. The van der Waals surface area contributed by atoms with Gasteiger partial charge in [0, 0.05) is 17.8 Å². The van der Waals surface area contributed by atoms with Crippen molar-refractivity contribution in [1.29, 1.82) is 0 Å². The predicted octanol–water partition coefficient (Wildman–Crippen LogP) is 3.39. The van der Waals surface area contributed by atoms with Crippen LogP contribution in [0.25, 0.3) is 10.9 Å². The summed E-state index contributed by atoms with van der Waals surface area (Å²) in [5.74, 6) is 0. The molecule has 1 atom stereocenters. The second-order valence-electron chi connectivity index (χ2n) is 3.72. The lowest BCUT2D eigenvalue weighted by atomic mass is 10.0. The van der Waals surface area contributed by atoms with Crippen LogP contribution in [-0.4, -0.2) is 4.98 Å². The topological polar surface area (TPSA) is 41.8 Å². The average molecular weight is 225 g/mol. The third kappa shape index (κ3) is 2.52. The Balaban J connectivity index is 0.00000112. The molecule has 0 spiro atoms. The molecular formula is C12H17ClN2. The maximum Gasteiger partial charge on any atom is 0.0457 e. The fourth-order valence-corrected chi connectivity index (χ4v) is 1.77. The van der Waals surface area contributed by atoms with E-state index in [1.165, 1.54) is 16.5 Å². The lowest BCUT2D eigenvalue weighted by Crippen LogP contribution is -2.09. The van der Waals surface area contributed by atoms with Gasteiger partial charge in [-0.15, -0.1) is 12.4 Å². The number of H-pyrrole nitrogens is 1. The molecule has 82 valence electrons. The molecule has 1 aromatic heterocycles. The van der Waals surface area contributed by atoms with Crippen LogP contribution >= 0.6 is 12.4 Å². The minimum absolute atomic E-state index is 0. The van der Waals surface area contributed by atoms with Crippen LogP contribution in [0, 0.1) is 0 Å². The first-order valence-corrected chi connectivity index (χ1v) is 5.14. The van der Waals surface area contributed by atoms with Gasteiger partial charge in [0.05, 0.1) is 0 Å². The number of hydrogen-bond donors (Lipinski definition) is 2. The Bertz CT molecular complexity index is 422. The summed E-state index contributed by atoms with van der Waals surface area (Å²) in [7, 11) is 0. The molecule has 0 radical (unpaired) electrons. The molecular weight excluding hydrogens is 208 g/mol. The monoisotopic (exact) mass is 224 g/mol. The molecule has 15 heavy (non-hydrogen) atoms. The number of benzene rings is 1. The maximum absolute atomic E-state index is 6.05. The molecule has 3 N–H and O–H groups in total. The van der Waals surface area contributed by atoms with Crippen LogP contribution < -0.4 is 5.73 Å². The molecule has 0 fully saturated rings. The first-order chi connectivity index (χ1) is 6.81. The van der Waals surface area contributed by atoms with Crippen LogP contribution in [0.15, 0.2) is 30.5 Å². The zero-order valence-electron chi connectivity index (χ0n) is 8.86. The van der Waals surface area contributed by atoms with Gasteiger partial charge in [-0.25, -0.2) is 0 Å². The predicted molar refractivity (Wildman–Crippen MR) is 67.4 cm³/mol. The number of fused-ring (bicyclic) bond motifs is 1. The molecule has 0 aliphatic heterocycles. The van der Waals surface area contributed by atoms with Crippen molar-refractivity contribution in [2.45, 2.75) is 25.8 Å². The lowest BCUT2D eigenvalue weighted by Gasteiger charge is -2.10. The van der Waals surface area contributed by atoms with E-state index in [4.69, 9.17) is 5.73 Å². The van der Waals surface area contributed by atoms with E-state index in [9.17, 15) is 0 Å². The molecule has 2 nitrogen and oxygen atoms in total. The van der Waals surface area contributed by atoms with Crippen molar-refractivity contribution in [1.82, 2.24) is 4.98 Å². The highest BCUT2D eigenvalue weighted by Gasteiger charge is 2.05. The van der Waals surface area contributed by atoms with Crippen LogP contribution in [0.3, 0.4) is 0 Å². The molecule has 0 aliphatic carbocycles. The number of hydrogen-bond acceptors (Lipinski definition) is 1. The zero-order chi connectivity index (χ0) is 9.97. The molecule has 2 rings (SSSR count). The van der Waals surface area contributed by atoms with E-state index in [2.05, 4.69) is 36.2 Å². The lowest BCUT2D eigenvalue weighted by molar-refractivity contribution is 0.639. The van der Waals surface area contributed by atoms with Gasteiger partial charge in [-0.2, -0.15) is 0 Å². The van der Waals surface area contributed by atoms with E-state index in [0.29, 0.717) is 0 Å². The fourth-order valence-electron chi connectivity index (χ4n) is 1.77. The van der Waals surface area contributed by atoms with Gasteiger partial charge >= 0.3 is 0 Å². The first kappa shape index (κ1) is 12.1. The van der Waals surface area contributed by atoms with Gasteiger partial charge < -0.3 is 10.7 Å². The van der Waals surface area contributed by atoms with E-state index in [-0.39, 0.29) is 18.4 Å². The summed E-state index contributed by atoms with van der Waals surface area (Å²) >= 11 is 0. The van der Waals surface area contributed by atoms with Crippen LogP contribution in [0.5, 0.6) is 0 Å². The second-order valence-corrected chi connectivity index (χ2v) is 3.72. The maximum atomic E-state index is 6.05. The Kier molecular flexibility index (Phi) is 4.18. The number of nitrogens with two attached hydrogens (primary N) is 1. The van der Waals surface area contributed by atoms with Crippen molar-refractivity contribution < 1.29 is 0 Å². The van der Waals surface area contributed by atoms with E-state index >= 15 is 0 Å². The third-order valence-corrected chi connectivity index (χ3v) is 2.61.